The molecule has 0 atom stereocenters. The average molecular weight is 253 g/mol. The van der Waals surface area contributed by atoms with Gasteiger partial charge in [0.05, 0.1) is 18.0 Å². The quantitative estimate of drug-likeness (QED) is 0.781. The van der Waals surface area contributed by atoms with Gasteiger partial charge in [0.2, 0.25) is 0 Å². The Morgan fingerprint density at radius 2 is 2.06 bits per heavy atom. The highest BCUT2D eigenvalue weighted by molar-refractivity contribution is 5.66. The number of aryl methyl sites for hydroxylation is 2. The Kier molecular flexibility index (Phi) is 4.08. The van der Waals surface area contributed by atoms with E-state index in [1.165, 1.54) is 0 Å². The second-order valence-electron chi connectivity index (χ2n) is 4.85. The van der Waals surface area contributed by atoms with Crippen LogP contribution >= 0.6 is 0 Å². The summed E-state index contributed by atoms with van der Waals surface area (Å²) in [6.07, 6.45) is 1.09. The number of rotatable bonds is 3. The molecule has 0 unspecified atom stereocenters. The van der Waals surface area contributed by atoms with Gasteiger partial charge in [-0.05, 0) is 19.9 Å². The summed E-state index contributed by atoms with van der Waals surface area (Å²) in [4.78, 5) is 4.59. The van der Waals surface area contributed by atoms with E-state index in [-0.39, 0.29) is 6.61 Å². The summed E-state index contributed by atoms with van der Waals surface area (Å²) in [5.74, 6) is 1.03. The van der Waals surface area contributed by atoms with Gasteiger partial charge in [-0.2, -0.15) is 5.10 Å². The lowest BCUT2D eigenvalue weighted by Gasteiger charge is -2.23. The first-order valence-corrected chi connectivity index (χ1v) is 6.50. The standard InChI is InChI=1S/C12H23N5O/c1-10-11(13)12(15(2)14-10)17-5-3-4-16(6-7-17)8-9-18/h18H,3-9,13H2,1-2H3. The molecule has 3 N–H and O–H groups in total. The molecule has 2 heterocycles. The van der Waals surface area contributed by atoms with E-state index in [1.807, 2.05) is 18.7 Å². The molecule has 2 rings (SSSR count). The highest BCUT2D eigenvalue weighted by Crippen LogP contribution is 2.26. The van der Waals surface area contributed by atoms with Crippen molar-refractivity contribution in [1.82, 2.24) is 14.7 Å². The van der Waals surface area contributed by atoms with Gasteiger partial charge >= 0.3 is 0 Å². The smallest absolute Gasteiger partial charge is 0.150 e. The lowest BCUT2D eigenvalue weighted by atomic mass is 10.3. The summed E-state index contributed by atoms with van der Waals surface area (Å²) in [5.41, 5.74) is 7.78. The Bertz CT molecular complexity index is 403. The number of β-amino-alcohol motifs (C(OH)–C–C–N with tert-alkyl or cyclic N) is 1. The fourth-order valence-electron chi connectivity index (χ4n) is 2.59. The van der Waals surface area contributed by atoms with Gasteiger partial charge < -0.3 is 15.7 Å². The van der Waals surface area contributed by atoms with Gasteiger partial charge in [0, 0.05) is 33.2 Å². The molecule has 1 saturated heterocycles. The predicted octanol–water partition coefficient (Wildman–Crippen LogP) is -0.185. The Morgan fingerprint density at radius 3 is 2.67 bits per heavy atom. The Balaban J connectivity index is 2.10. The van der Waals surface area contributed by atoms with Crippen molar-refractivity contribution >= 4 is 11.5 Å². The van der Waals surface area contributed by atoms with E-state index in [9.17, 15) is 0 Å². The van der Waals surface area contributed by atoms with E-state index in [0.29, 0.717) is 0 Å². The Morgan fingerprint density at radius 1 is 1.28 bits per heavy atom. The second-order valence-corrected chi connectivity index (χ2v) is 4.85. The van der Waals surface area contributed by atoms with Crippen LogP contribution in [0.2, 0.25) is 0 Å². The van der Waals surface area contributed by atoms with Gasteiger partial charge in [-0.3, -0.25) is 9.58 Å². The van der Waals surface area contributed by atoms with Crippen molar-refractivity contribution in [1.29, 1.82) is 0 Å². The minimum absolute atomic E-state index is 0.229. The summed E-state index contributed by atoms with van der Waals surface area (Å²) in [5, 5.41) is 13.4. The highest BCUT2D eigenvalue weighted by Gasteiger charge is 2.20. The molecule has 0 aliphatic carbocycles. The largest absolute Gasteiger partial charge is 0.395 e. The minimum Gasteiger partial charge on any atom is -0.395 e. The molecule has 1 aliphatic rings. The third-order valence-electron chi connectivity index (χ3n) is 3.54. The van der Waals surface area contributed by atoms with Crippen LogP contribution in [0.25, 0.3) is 0 Å². The first-order chi connectivity index (χ1) is 8.63. The number of aliphatic hydroxyl groups is 1. The van der Waals surface area contributed by atoms with Crippen LogP contribution in [0.4, 0.5) is 11.5 Å². The molecule has 0 aromatic carbocycles. The van der Waals surface area contributed by atoms with E-state index in [2.05, 4.69) is 14.9 Å². The topological polar surface area (TPSA) is 70.5 Å². The zero-order valence-electron chi connectivity index (χ0n) is 11.3. The van der Waals surface area contributed by atoms with Gasteiger partial charge in [0.1, 0.15) is 5.82 Å². The average Bonchev–Trinajstić information content (AvgIpc) is 2.53. The van der Waals surface area contributed by atoms with E-state index in [0.717, 1.165) is 56.3 Å². The molecule has 1 aromatic rings. The third kappa shape index (κ3) is 2.59. The van der Waals surface area contributed by atoms with Gasteiger partial charge in [0.25, 0.3) is 0 Å². The fourth-order valence-corrected chi connectivity index (χ4v) is 2.59. The van der Waals surface area contributed by atoms with Gasteiger partial charge in [0.15, 0.2) is 0 Å². The predicted molar refractivity (Wildman–Crippen MR) is 72.7 cm³/mol. The summed E-state index contributed by atoms with van der Waals surface area (Å²) < 4.78 is 1.87. The summed E-state index contributed by atoms with van der Waals surface area (Å²) >= 11 is 0. The second kappa shape index (κ2) is 5.58. The van der Waals surface area contributed by atoms with E-state index in [1.54, 1.807) is 0 Å². The molecule has 1 aliphatic heterocycles. The molecule has 6 nitrogen and oxygen atoms in total. The molecule has 0 amide bonds. The summed E-state index contributed by atoms with van der Waals surface area (Å²) in [6.45, 7) is 6.85. The number of nitrogens with two attached hydrogens (primary N) is 1. The zero-order chi connectivity index (χ0) is 13.1. The number of nitrogen functional groups attached to an aromatic ring is 1. The van der Waals surface area contributed by atoms with E-state index in [4.69, 9.17) is 10.8 Å². The van der Waals surface area contributed by atoms with Crippen LogP contribution in [0.3, 0.4) is 0 Å². The van der Waals surface area contributed by atoms with Crippen molar-refractivity contribution in [2.75, 3.05) is 50.0 Å². The van der Waals surface area contributed by atoms with Crippen LogP contribution in [-0.2, 0) is 7.05 Å². The molecule has 0 bridgehead atoms. The molecular weight excluding hydrogens is 230 g/mol. The lowest BCUT2D eigenvalue weighted by molar-refractivity contribution is 0.204. The van der Waals surface area contributed by atoms with Gasteiger partial charge in [-0.1, -0.05) is 0 Å². The zero-order valence-corrected chi connectivity index (χ0v) is 11.3. The van der Waals surface area contributed by atoms with Crippen LogP contribution in [0.1, 0.15) is 12.1 Å². The Hall–Kier alpha value is -1.27. The molecule has 1 aromatic heterocycles. The molecule has 0 radical (unpaired) electrons. The Labute approximate surface area is 108 Å². The molecule has 18 heavy (non-hydrogen) atoms. The molecule has 0 spiro atoms. The van der Waals surface area contributed by atoms with Crippen LogP contribution < -0.4 is 10.6 Å². The van der Waals surface area contributed by atoms with Crippen LogP contribution in [-0.4, -0.2) is 59.1 Å². The van der Waals surface area contributed by atoms with E-state index >= 15 is 0 Å². The minimum atomic E-state index is 0.229. The number of hydrogen-bond donors (Lipinski definition) is 2. The van der Waals surface area contributed by atoms with Gasteiger partial charge in [-0.15, -0.1) is 0 Å². The van der Waals surface area contributed by atoms with Crippen LogP contribution in [0.15, 0.2) is 0 Å². The van der Waals surface area contributed by atoms with E-state index < -0.39 is 0 Å². The fraction of sp³-hybridized carbons (Fsp3) is 0.750. The van der Waals surface area contributed by atoms with Crippen LogP contribution in [0.5, 0.6) is 0 Å². The van der Waals surface area contributed by atoms with Gasteiger partial charge in [-0.25, -0.2) is 0 Å². The SMILES string of the molecule is Cc1nn(C)c(N2CCCN(CCO)CC2)c1N. The van der Waals surface area contributed by atoms with Crippen molar-refractivity contribution in [3.8, 4) is 0 Å². The number of hydrogen-bond acceptors (Lipinski definition) is 5. The first-order valence-electron chi connectivity index (χ1n) is 6.50. The molecular formula is C12H23N5O. The molecule has 1 fully saturated rings. The van der Waals surface area contributed by atoms with Crippen molar-refractivity contribution in [2.45, 2.75) is 13.3 Å². The van der Waals surface area contributed by atoms with Crippen LogP contribution in [0, 0.1) is 6.92 Å². The number of aliphatic hydroxyl groups excluding tert-OH is 1. The highest BCUT2D eigenvalue weighted by atomic mass is 16.3. The summed E-state index contributed by atoms with van der Waals surface area (Å²) in [7, 11) is 1.94. The molecule has 0 saturated carbocycles. The maximum absolute atomic E-state index is 9.00. The normalized spacial score (nSPS) is 18.1. The van der Waals surface area contributed by atoms with Crippen molar-refractivity contribution < 1.29 is 5.11 Å². The summed E-state index contributed by atoms with van der Waals surface area (Å²) in [6, 6.07) is 0. The molecule has 102 valence electrons. The molecule has 6 heteroatoms. The number of aromatic nitrogens is 2. The first kappa shape index (κ1) is 13.2. The third-order valence-corrected chi connectivity index (χ3v) is 3.54. The monoisotopic (exact) mass is 253 g/mol. The van der Waals surface area contributed by atoms with Crippen molar-refractivity contribution in [3.63, 3.8) is 0 Å². The van der Waals surface area contributed by atoms with Crippen molar-refractivity contribution in [3.05, 3.63) is 5.69 Å². The number of anilines is 2. The maximum Gasteiger partial charge on any atom is 0.150 e. The number of nitrogens with zero attached hydrogens (tertiary/aromatic N) is 4. The maximum atomic E-state index is 9.00. The lowest BCUT2D eigenvalue weighted by Crippen LogP contribution is -2.33. The van der Waals surface area contributed by atoms with Crippen molar-refractivity contribution in [2.24, 2.45) is 7.05 Å².